The molecule has 1 N–H and O–H groups in total. The lowest BCUT2D eigenvalue weighted by atomic mass is 9.70. The minimum absolute atomic E-state index is 0.322. The molecule has 0 bridgehead atoms. The molecule has 2 aliphatic rings. The van der Waals surface area contributed by atoms with Crippen LogP contribution in [-0.4, -0.2) is 5.11 Å². The van der Waals surface area contributed by atoms with Gasteiger partial charge in [-0.2, -0.15) is 0 Å². The molecule has 2 atom stereocenters. The van der Waals surface area contributed by atoms with Gasteiger partial charge in [0.15, 0.2) is 0 Å². The molecule has 0 saturated heterocycles. The number of rotatable bonds is 7. The van der Waals surface area contributed by atoms with Crippen LogP contribution in [0.2, 0.25) is 0 Å². The quantitative estimate of drug-likeness (QED) is 0.456. The fraction of sp³-hybridized carbons (Fsp3) is 0.400. The molecule has 0 spiro atoms. The highest BCUT2D eigenvalue weighted by atomic mass is 16.3. The zero-order chi connectivity index (χ0) is 21.8. The largest absolute Gasteiger partial charge is 0.507 e. The normalized spacial score (nSPS) is 24.1. The molecule has 2 aromatic rings. The van der Waals surface area contributed by atoms with Crippen molar-refractivity contribution in [3.05, 3.63) is 95.6 Å². The Morgan fingerprint density at radius 2 is 1.77 bits per heavy atom. The molecule has 1 heteroatoms. The highest BCUT2D eigenvalue weighted by molar-refractivity contribution is 5.80. The van der Waals surface area contributed by atoms with Crippen LogP contribution >= 0.6 is 0 Å². The summed E-state index contributed by atoms with van der Waals surface area (Å²) in [7, 11) is 0. The van der Waals surface area contributed by atoms with Crippen LogP contribution in [0.25, 0.3) is 5.57 Å². The van der Waals surface area contributed by atoms with E-state index in [-0.39, 0.29) is 0 Å². The molecule has 0 aromatic heterocycles. The maximum Gasteiger partial charge on any atom is 0.123 e. The van der Waals surface area contributed by atoms with E-state index in [0.29, 0.717) is 23.5 Å². The zero-order valence-electron chi connectivity index (χ0n) is 19.1. The van der Waals surface area contributed by atoms with Gasteiger partial charge in [0.1, 0.15) is 5.75 Å². The van der Waals surface area contributed by atoms with Crippen molar-refractivity contribution in [1.82, 2.24) is 0 Å². The Morgan fingerprint density at radius 3 is 2.42 bits per heavy atom. The monoisotopic (exact) mass is 412 g/mol. The van der Waals surface area contributed by atoms with E-state index in [1.54, 1.807) is 0 Å². The minimum atomic E-state index is 0.322. The molecule has 1 fully saturated rings. The summed E-state index contributed by atoms with van der Waals surface area (Å²) in [6, 6.07) is 17.1. The third-order valence-corrected chi connectivity index (χ3v) is 7.26. The number of hydrogen-bond donors (Lipinski definition) is 1. The highest BCUT2D eigenvalue weighted by Crippen LogP contribution is 2.44. The molecule has 162 valence electrons. The lowest BCUT2D eigenvalue weighted by Gasteiger charge is -2.34. The van der Waals surface area contributed by atoms with Crippen molar-refractivity contribution in [2.24, 2.45) is 17.8 Å². The average molecular weight is 413 g/mol. The lowest BCUT2D eigenvalue weighted by Crippen LogP contribution is -2.21. The third kappa shape index (κ3) is 5.21. The summed E-state index contributed by atoms with van der Waals surface area (Å²) in [6.45, 7) is 9.12. The van der Waals surface area contributed by atoms with Crippen molar-refractivity contribution in [3.8, 4) is 5.75 Å². The molecule has 31 heavy (non-hydrogen) atoms. The maximum atomic E-state index is 10.9. The summed E-state index contributed by atoms with van der Waals surface area (Å²) in [5, 5.41) is 10.9. The van der Waals surface area contributed by atoms with Gasteiger partial charge >= 0.3 is 0 Å². The van der Waals surface area contributed by atoms with Gasteiger partial charge in [-0.25, -0.2) is 0 Å². The van der Waals surface area contributed by atoms with Crippen molar-refractivity contribution in [1.29, 1.82) is 0 Å². The van der Waals surface area contributed by atoms with E-state index in [2.05, 4.69) is 81.1 Å². The number of phenols is 1. The van der Waals surface area contributed by atoms with Gasteiger partial charge < -0.3 is 5.11 Å². The van der Waals surface area contributed by atoms with Crippen LogP contribution in [0.3, 0.4) is 0 Å². The topological polar surface area (TPSA) is 20.2 Å². The van der Waals surface area contributed by atoms with Gasteiger partial charge in [0, 0.05) is 11.5 Å². The SMILES string of the molecule is C=C(CCc1ccccc1)C(c1ccc(C2=CC(C)C=C2)c(O)c1)C1CCC(C)CC1. The molecule has 4 rings (SSSR count). The molecule has 1 saturated carbocycles. The van der Waals surface area contributed by atoms with Crippen LogP contribution < -0.4 is 0 Å². The predicted molar refractivity (Wildman–Crippen MR) is 132 cm³/mol. The van der Waals surface area contributed by atoms with Crippen LogP contribution in [0.4, 0.5) is 0 Å². The second-order valence-corrected chi connectivity index (χ2v) is 9.76. The third-order valence-electron chi connectivity index (χ3n) is 7.26. The van der Waals surface area contributed by atoms with Crippen LogP contribution in [0.15, 0.2) is 78.9 Å². The molecule has 0 heterocycles. The van der Waals surface area contributed by atoms with Crippen molar-refractivity contribution >= 4 is 5.57 Å². The molecular formula is C30H36O. The van der Waals surface area contributed by atoms with Crippen LogP contribution in [-0.2, 0) is 6.42 Å². The number of hydrogen-bond acceptors (Lipinski definition) is 1. The zero-order valence-corrected chi connectivity index (χ0v) is 19.1. The van der Waals surface area contributed by atoms with E-state index >= 15 is 0 Å². The Balaban J connectivity index is 1.58. The fourth-order valence-corrected chi connectivity index (χ4v) is 5.38. The van der Waals surface area contributed by atoms with Gasteiger partial charge in [-0.3, -0.25) is 0 Å². The standard InChI is InChI=1S/C30H36O/c1-21-9-14-25(15-10-21)30(23(3)12-13-24-7-5-4-6-8-24)27-17-18-28(29(31)20-27)26-16-11-22(2)19-26/h4-8,11,16-22,25,30-31H,3,9-10,12-15H2,1-2H3. The molecule has 2 unspecified atom stereocenters. The summed E-state index contributed by atoms with van der Waals surface area (Å²) < 4.78 is 0. The molecule has 0 aliphatic heterocycles. The van der Waals surface area contributed by atoms with E-state index < -0.39 is 0 Å². The van der Waals surface area contributed by atoms with Crippen molar-refractivity contribution in [2.75, 3.05) is 0 Å². The molecular weight excluding hydrogens is 376 g/mol. The second-order valence-electron chi connectivity index (χ2n) is 9.76. The van der Waals surface area contributed by atoms with E-state index in [9.17, 15) is 5.11 Å². The first-order chi connectivity index (χ1) is 15.0. The minimum Gasteiger partial charge on any atom is -0.507 e. The smallest absolute Gasteiger partial charge is 0.123 e. The number of phenolic OH excluding ortho intramolecular Hbond substituents is 1. The van der Waals surface area contributed by atoms with Crippen LogP contribution in [0.5, 0.6) is 5.75 Å². The first-order valence-electron chi connectivity index (χ1n) is 12.0. The first-order valence-corrected chi connectivity index (χ1v) is 12.0. The number of aromatic hydroxyl groups is 1. The molecule has 0 amide bonds. The summed E-state index contributed by atoms with van der Waals surface area (Å²) in [6.07, 6.45) is 13.6. The Labute approximate surface area is 188 Å². The van der Waals surface area contributed by atoms with Crippen LogP contribution in [0.1, 0.15) is 68.6 Å². The van der Waals surface area contributed by atoms with Gasteiger partial charge in [-0.1, -0.05) is 99.5 Å². The summed E-state index contributed by atoms with van der Waals surface area (Å²) >= 11 is 0. The predicted octanol–water partition coefficient (Wildman–Crippen LogP) is 8.08. The highest BCUT2D eigenvalue weighted by Gasteiger charge is 2.29. The molecule has 0 radical (unpaired) electrons. The Hall–Kier alpha value is -2.54. The Kier molecular flexibility index (Phi) is 6.80. The Morgan fingerprint density at radius 1 is 1.03 bits per heavy atom. The van der Waals surface area contributed by atoms with Gasteiger partial charge in [-0.15, -0.1) is 0 Å². The molecule has 2 aliphatic carbocycles. The summed E-state index contributed by atoms with van der Waals surface area (Å²) in [4.78, 5) is 0. The van der Waals surface area contributed by atoms with Crippen molar-refractivity contribution in [3.63, 3.8) is 0 Å². The lowest BCUT2D eigenvalue weighted by molar-refractivity contribution is 0.265. The van der Waals surface area contributed by atoms with E-state index in [0.717, 1.165) is 29.9 Å². The first kappa shape index (κ1) is 21.7. The van der Waals surface area contributed by atoms with Crippen molar-refractivity contribution < 1.29 is 5.11 Å². The van der Waals surface area contributed by atoms with Gasteiger partial charge in [0.2, 0.25) is 0 Å². The van der Waals surface area contributed by atoms with E-state index in [4.69, 9.17) is 0 Å². The number of benzene rings is 2. The van der Waals surface area contributed by atoms with Gasteiger partial charge in [-0.05, 0) is 66.2 Å². The van der Waals surface area contributed by atoms with E-state index in [1.807, 2.05) is 6.07 Å². The molecule has 2 aromatic carbocycles. The maximum absolute atomic E-state index is 10.9. The van der Waals surface area contributed by atoms with Gasteiger partial charge in [0.25, 0.3) is 0 Å². The van der Waals surface area contributed by atoms with Crippen LogP contribution in [0, 0.1) is 17.8 Å². The summed E-state index contributed by atoms with van der Waals surface area (Å²) in [5.74, 6) is 2.60. The number of aryl methyl sites for hydroxylation is 1. The fourth-order valence-electron chi connectivity index (χ4n) is 5.38. The summed E-state index contributed by atoms with van der Waals surface area (Å²) in [5.41, 5.74) is 5.98. The average Bonchev–Trinajstić information content (AvgIpc) is 3.20. The molecule has 1 nitrogen and oxygen atoms in total. The van der Waals surface area contributed by atoms with Crippen molar-refractivity contribution in [2.45, 2.75) is 58.3 Å². The number of allylic oxidation sites excluding steroid dienone is 5. The second kappa shape index (κ2) is 9.73. The Bertz CT molecular complexity index is 957. The van der Waals surface area contributed by atoms with Gasteiger partial charge in [0.05, 0.1) is 0 Å². The van der Waals surface area contributed by atoms with E-state index in [1.165, 1.54) is 42.4 Å².